The van der Waals surface area contributed by atoms with E-state index < -0.39 is 0 Å². The van der Waals surface area contributed by atoms with E-state index in [1.807, 2.05) is 37.3 Å². The van der Waals surface area contributed by atoms with Gasteiger partial charge in [0.05, 0.1) is 14.2 Å². The zero-order valence-electron chi connectivity index (χ0n) is 13.3. The second-order valence-electron chi connectivity index (χ2n) is 4.69. The van der Waals surface area contributed by atoms with Crippen molar-refractivity contribution in [3.05, 3.63) is 28.8 Å². The van der Waals surface area contributed by atoms with Crippen LogP contribution in [0.1, 0.15) is 30.3 Å². The van der Waals surface area contributed by atoms with Crippen molar-refractivity contribution in [2.45, 2.75) is 19.8 Å². The lowest BCUT2D eigenvalue weighted by Crippen LogP contribution is -2.10. The molecule has 7 heteroatoms. The summed E-state index contributed by atoms with van der Waals surface area (Å²) in [6.45, 7) is 1.96. The molecule has 1 amide bonds. The van der Waals surface area contributed by atoms with Crippen molar-refractivity contribution >= 4 is 34.5 Å². The Morgan fingerprint density at radius 1 is 1.22 bits per heavy atom. The van der Waals surface area contributed by atoms with E-state index in [9.17, 15) is 4.79 Å². The van der Waals surface area contributed by atoms with Gasteiger partial charge in [-0.05, 0) is 30.2 Å². The molecule has 0 atom stereocenters. The van der Waals surface area contributed by atoms with Crippen LogP contribution in [0.4, 0.5) is 5.13 Å². The van der Waals surface area contributed by atoms with E-state index in [0.29, 0.717) is 28.1 Å². The number of hydrogen-bond acceptors (Lipinski definition) is 6. The summed E-state index contributed by atoms with van der Waals surface area (Å²) in [6, 6.07) is 5.64. The van der Waals surface area contributed by atoms with E-state index in [-0.39, 0.29) is 5.91 Å². The van der Waals surface area contributed by atoms with Crippen LogP contribution in [-0.4, -0.2) is 30.3 Å². The molecule has 0 bridgehead atoms. The Morgan fingerprint density at radius 3 is 2.70 bits per heavy atom. The van der Waals surface area contributed by atoms with Crippen LogP contribution < -0.4 is 14.8 Å². The van der Waals surface area contributed by atoms with Gasteiger partial charge in [0.15, 0.2) is 11.5 Å². The smallest absolute Gasteiger partial charge is 0.226 e. The van der Waals surface area contributed by atoms with Crippen molar-refractivity contribution in [3.8, 4) is 11.5 Å². The molecule has 6 nitrogen and oxygen atoms in total. The lowest BCUT2D eigenvalue weighted by molar-refractivity contribution is -0.116. The van der Waals surface area contributed by atoms with E-state index in [1.165, 1.54) is 11.3 Å². The molecule has 0 saturated carbocycles. The van der Waals surface area contributed by atoms with Crippen LogP contribution in [0.5, 0.6) is 11.5 Å². The number of ether oxygens (including phenoxy) is 2. The highest BCUT2D eigenvalue weighted by atomic mass is 32.1. The van der Waals surface area contributed by atoms with E-state index >= 15 is 0 Å². The molecule has 1 aromatic carbocycles. The molecular formula is C16H19N3O3S. The fourth-order valence-corrected chi connectivity index (χ4v) is 2.55. The number of methoxy groups -OCH3 is 2. The van der Waals surface area contributed by atoms with E-state index in [4.69, 9.17) is 9.47 Å². The number of anilines is 1. The highest BCUT2D eigenvalue weighted by molar-refractivity contribution is 7.16. The van der Waals surface area contributed by atoms with Crippen LogP contribution in [0.2, 0.25) is 0 Å². The quantitative estimate of drug-likeness (QED) is 0.840. The second kappa shape index (κ2) is 8.28. The molecule has 0 saturated heterocycles. The normalized spacial score (nSPS) is 10.7. The minimum absolute atomic E-state index is 0.0425. The largest absolute Gasteiger partial charge is 0.493 e. The average Bonchev–Trinajstić information content (AvgIpc) is 3.00. The van der Waals surface area contributed by atoms with Gasteiger partial charge in [-0.2, -0.15) is 0 Å². The summed E-state index contributed by atoms with van der Waals surface area (Å²) in [4.78, 5) is 11.5. The van der Waals surface area contributed by atoms with Gasteiger partial charge in [-0.3, -0.25) is 4.79 Å². The van der Waals surface area contributed by atoms with Gasteiger partial charge in [-0.25, -0.2) is 0 Å². The zero-order chi connectivity index (χ0) is 16.7. The molecule has 23 heavy (non-hydrogen) atoms. The molecule has 0 spiro atoms. The summed E-state index contributed by atoms with van der Waals surface area (Å²) in [6.07, 6.45) is 5.03. The predicted molar refractivity (Wildman–Crippen MR) is 91.9 cm³/mol. The van der Waals surface area contributed by atoms with E-state index in [2.05, 4.69) is 15.5 Å². The summed E-state index contributed by atoms with van der Waals surface area (Å²) in [5.74, 6) is 1.31. The van der Waals surface area contributed by atoms with Crippen molar-refractivity contribution in [2.24, 2.45) is 0 Å². The van der Waals surface area contributed by atoms with Gasteiger partial charge in [-0.1, -0.05) is 30.4 Å². The fraction of sp³-hybridized carbons (Fsp3) is 0.312. The Balaban J connectivity index is 2.06. The van der Waals surface area contributed by atoms with Gasteiger partial charge in [0.1, 0.15) is 5.01 Å². The monoisotopic (exact) mass is 333 g/mol. The van der Waals surface area contributed by atoms with Crippen molar-refractivity contribution in [1.82, 2.24) is 10.2 Å². The number of amides is 1. The molecule has 0 aliphatic rings. The van der Waals surface area contributed by atoms with Crippen LogP contribution in [-0.2, 0) is 4.79 Å². The summed E-state index contributed by atoms with van der Waals surface area (Å²) in [5, 5.41) is 11.9. The van der Waals surface area contributed by atoms with Crippen LogP contribution in [0.15, 0.2) is 18.2 Å². The third-order valence-electron chi connectivity index (χ3n) is 2.99. The number of nitrogens with zero attached hydrogens (tertiary/aromatic N) is 2. The summed E-state index contributed by atoms with van der Waals surface area (Å²) in [5.41, 5.74) is 0.953. The first-order valence-electron chi connectivity index (χ1n) is 7.19. The zero-order valence-corrected chi connectivity index (χ0v) is 14.1. The first kappa shape index (κ1) is 17.0. The molecule has 1 heterocycles. The minimum atomic E-state index is -0.0425. The molecule has 1 aromatic heterocycles. The van der Waals surface area contributed by atoms with E-state index in [1.54, 1.807) is 14.2 Å². The van der Waals surface area contributed by atoms with Crippen LogP contribution in [0.3, 0.4) is 0 Å². The van der Waals surface area contributed by atoms with Crippen molar-refractivity contribution in [2.75, 3.05) is 19.5 Å². The Hall–Kier alpha value is -2.41. The van der Waals surface area contributed by atoms with Gasteiger partial charge in [-0.15, -0.1) is 10.2 Å². The number of nitrogens with one attached hydrogen (secondary N) is 1. The third-order valence-corrected chi connectivity index (χ3v) is 3.79. The Bertz CT molecular complexity index is 698. The predicted octanol–water partition coefficient (Wildman–Crippen LogP) is 3.46. The van der Waals surface area contributed by atoms with Gasteiger partial charge < -0.3 is 14.8 Å². The summed E-state index contributed by atoms with van der Waals surface area (Å²) >= 11 is 1.33. The van der Waals surface area contributed by atoms with Crippen LogP contribution in [0.25, 0.3) is 12.2 Å². The molecule has 2 aromatic rings. The molecule has 0 fully saturated rings. The SMILES string of the molecule is CCCC(=O)Nc1nnc(/C=C/c2ccc(OC)c(OC)c2)s1. The average molecular weight is 333 g/mol. The van der Waals surface area contributed by atoms with E-state index in [0.717, 1.165) is 12.0 Å². The first-order valence-corrected chi connectivity index (χ1v) is 8.01. The summed E-state index contributed by atoms with van der Waals surface area (Å²) < 4.78 is 10.5. The van der Waals surface area contributed by atoms with Crippen LogP contribution >= 0.6 is 11.3 Å². The minimum Gasteiger partial charge on any atom is -0.493 e. The molecule has 0 unspecified atom stereocenters. The van der Waals surface area contributed by atoms with Gasteiger partial charge in [0.25, 0.3) is 0 Å². The molecule has 0 radical (unpaired) electrons. The number of carbonyl (C=O) groups is 1. The highest BCUT2D eigenvalue weighted by Gasteiger charge is 2.06. The molecular weight excluding hydrogens is 314 g/mol. The second-order valence-corrected chi connectivity index (χ2v) is 5.70. The summed E-state index contributed by atoms with van der Waals surface area (Å²) in [7, 11) is 3.20. The fourth-order valence-electron chi connectivity index (χ4n) is 1.89. The molecule has 0 aliphatic heterocycles. The Kier molecular flexibility index (Phi) is 6.10. The first-order chi connectivity index (χ1) is 11.2. The van der Waals surface area contributed by atoms with Gasteiger partial charge in [0, 0.05) is 6.42 Å². The van der Waals surface area contributed by atoms with Crippen LogP contribution in [0, 0.1) is 0 Å². The molecule has 1 N–H and O–H groups in total. The number of rotatable bonds is 7. The maximum absolute atomic E-state index is 11.5. The van der Waals surface area contributed by atoms with Gasteiger partial charge >= 0.3 is 0 Å². The standard InChI is InChI=1S/C16H19N3O3S/c1-4-5-14(20)17-16-19-18-15(23-16)9-7-11-6-8-12(21-2)13(10-11)22-3/h6-10H,4-5H2,1-3H3,(H,17,19,20)/b9-7+. The molecule has 122 valence electrons. The topological polar surface area (TPSA) is 73.3 Å². The van der Waals surface area contributed by atoms with Gasteiger partial charge in [0.2, 0.25) is 11.0 Å². The van der Waals surface area contributed by atoms with Crippen molar-refractivity contribution in [1.29, 1.82) is 0 Å². The lowest BCUT2D eigenvalue weighted by atomic mass is 10.2. The maximum Gasteiger partial charge on any atom is 0.226 e. The lowest BCUT2D eigenvalue weighted by Gasteiger charge is -2.07. The number of carbonyl (C=O) groups excluding carboxylic acids is 1. The maximum atomic E-state index is 11.5. The van der Waals surface area contributed by atoms with Crippen molar-refractivity contribution < 1.29 is 14.3 Å². The number of benzene rings is 1. The number of hydrogen-bond donors (Lipinski definition) is 1. The molecule has 2 rings (SSSR count). The third kappa shape index (κ3) is 4.79. The Morgan fingerprint density at radius 2 is 2.00 bits per heavy atom. The number of aromatic nitrogens is 2. The molecule has 0 aliphatic carbocycles. The Labute approximate surface area is 139 Å². The van der Waals surface area contributed by atoms with Crippen molar-refractivity contribution in [3.63, 3.8) is 0 Å². The highest BCUT2D eigenvalue weighted by Crippen LogP contribution is 2.28.